The van der Waals surface area contributed by atoms with Crippen molar-refractivity contribution < 1.29 is 23.2 Å². The molecule has 156 valence electrons. The number of nitrogens with one attached hydrogen (secondary N) is 2. The van der Waals surface area contributed by atoms with Crippen LogP contribution in [-0.2, 0) is 16.1 Å². The zero-order chi connectivity index (χ0) is 23.8. The number of pyridine rings is 1. The van der Waals surface area contributed by atoms with E-state index >= 15 is 0 Å². The lowest BCUT2D eigenvalue weighted by Crippen LogP contribution is -2.15. The quantitative estimate of drug-likeness (QED) is 0.573. The molecule has 9 nitrogen and oxygen atoms in total. The summed E-state index contributed by atoms with van der Waals surface area (Å²) in [5.41, 5.74) is 1.16. The average Bonchev–Trinajstić information content (AvgIpc) is 3.54. The average molecular weight is 412 g/mol. The maximum atomic E-state index is 12.3. The molecule has 2 heterocycles. The van der Waals surface area contributed by atoms with Crippen LogP contribution in [0.25, 0.3) is 10.9 Å². The van der Waals surface area contributed by atoms with E-state index in [1.807, 2.05) is 6.92 Å². The van der Waals surface area contributed by atoms with Crippen molar-refractivity contribution in [3.63, 3.8) is 0 Å². The Hall–Kier alpha value is -3.62. The van der Waals surface area contributed by atoms with Gasteiger partial charge in [-0.2, -0.15) is 5.10 Å². The summed E-state index contributed by atoms with van der Waals surface area (Å²) < 4.78 is 34.7. The van der Waals surface area contributed by atoms with Crippen LogP contribution in [0.4, 0.5) is 17.2 Å². The molecule has 0 saturated heterocycles. The van der Waals surface area contributed by atoms with E-state index < -0.39 is 13.0 Å². The van der Waals surface area contributed by atoms with Gasteiger partial charge in [0.05, 0.1) is 35.8 Å². The van der Waals surface area contributed by atoms with Crippen molar-refractivity contribution in [2.45, 2.75) is 26.3 Å². The van der Waals surface area contributed by atoms with Crippen molar-refractivity contribution in [1.82, 2.24) is 14.8 Å². The van der Waals surface area contributed by atoms with Gasteiger partial charge in [0, 0.05) is 30.1 Å². The molecule has 2 N–H and O–H groups in total. The van der Waals surface area contributed by atoms with E-state index in [-0.39, 0.29) is 34.6 Å². The van der Waals surface area contributed by atoms with Crippen LogP contribution in [0.1, 0.15) is 34.2 Å². The molecule has 1 aromatic carbocycles. The van der Waals surface area contributed by atoms with Crippen molar-refractivity contribution in [3.8, 4) is 5.75 Å². The van der Waals surface area contributed by atoms with Gasteiger partial charge >= 0.3 is 5.97 Å². The number of esters is 1. The van der Waals surface area contributed by atoms with Crippen molar-refractivity contribution in [1.29, 1.82) is 0 Å². The lowest BCUT2D eigenvalue weighted by atomic mass is 10.1. The van der Waals surface area contributed by atoms with Crippen molar-refractivity contribution in [2.24, 2.45) is 5.92 Å². The highest BCUT2D eigenvalue weighted by Gasteiger charge is 2.30. The number of nitrogens with zero attached hydrogens (tertiary/aromatic N) is 3. The van der Waals surface area contributed by atoms with Gasteiger partial charge in [-0.25, -0.2) is 9.78 Å². The number of fused-ring (bicyclic) bond motifs is 1. The first kappa shape index (κ1) is 16.2. The number of rotatable bonds is 7. The van der Waals surface area contributed by atoms with Crippen molar-refractivity contribution in [3.05, 3.63) is 36.2 Å². The highest BCUT2D eigenvalue weighted by atomic mass is 16.5. The number of benzene rings is 1. The van der Waals surface area contributed by atoms with Gasteiger partial charge < -0.3 is 20.1 Å². The van der Waals surface area contributed by atoms with E-state index in [0.717, 1.165) is 12.8 Å². The van der Waals surface area contributed by atoms with Crippen molar-refractivity contribution in [2.75, 3.05) is 24.8 Å². The number of hydrogen-bond acceptors (Lipinski definition) is 7. The Balaban J connectivity index is 1.79. The summed E-state index contributed by atoms with van der Waals surface area (Å²) in [6.07, 6.45) is 4.57. The van der Waals surface area contributed by atoms with Crippen LogP contribution < -0.4 is 15.4 Å². The maximum Gasteiger partial charge on any atom is 0.341 e. The summed E-state index contributed by atoms with van der Waals surface area (Å²) in [5.74, 6) is -0.510. The Bertz CT molecular complexity index is 1220. The number of carbonyl (C=O) groups excluding carboxylic acids is 2. The van der Waals surface area contributed by atoms with E-state index in [1.54, 1.807) is 23.0 Å². The molecule has 3 aromatic rings. The van der Waals surface area contributed by atoms with Crippen molar-refractivity contribution >= 4 is 40.0 Å². The Morgan fingerprint density at radius 1 is 1.30 bits per heavy atom. The van der Waals surface area contributed by atoms with E-state index in [9.17, 15) is 9.59 Å². The zero-order valence-electron chi connectivity index (χ0n) is 19.6. The van der Waals surface area contributed by atoms with Gasteiger partial charge in [-0.15, -0.1) is 0 Å². The number of hydrogen-bond donors (Lipinski definition) is 2. The highest BCUT2D eigenvalue weighted by Crippen LogP contribution is 2.37. The predicted octanol–water partition coefficient (Wildman–Crippen LogP) is 3.34. The van der Waals surface area contributed by atoms with E-state index in [1.165, 1.54) is 19.4 Å². The highest BCUT2D eigenvalue weighted by molar-refractivity contribution is 6.00. The van der Waals surface area contributed by atoms with Gasteiger partial charge in [0.1, 0.15) is 16.9 Å². The summed E-state index contributed by atoms with van der Waals surface area (Å²) in [4.78, 5) is 28.6. The molecule has 4 rings (SSSR count). The minimum Gasteiger partial charge on any atom is -0.492 e. The first-order valence-electron chi connectivity index (χ1n) is 11.0. The second-order valence-corrected chi connectivity index (χ2v) is 6.94. The SMILES string of the molecule is [2H]C([2H])([2H])Oc1c(Nc2cc(NC(=O)C3CC3)ncc2C(=O)OC)ccc2cnn(CC)c12. The smallest absolute Gasteiger partial charge is 0.341 e. The normalized spacial score (nSPS) is 15.1. The number of aryl methyl sites for hydroxylation is 1. The van der Waals surface area contributed by atoms with Gasteiger partial charge in [0.15, 0.2) is 5.75 Å². The predicted molar refractivity (Wildman–Crippen MR) is 112 cm³/mol. The van der Waals surface area contributed by atoms with E-state index in [4.69, 9.17) is 13.6 Å². The molecule has 1 aliphatic carbocycles. The Morgan fingerprint density at radius 2 is 2.13 bits per heavy atom. The summed E-state index contributed by atoms with van der Waals surface area (Å²) in [5, 5.41) is 10.8. The summed E-state index contributed by atoms with van der Waals surface area (Å²) >= 11 is 0. The number of carbonyl (C=O) groups is 2. The minimum atomic E-state index is -2.72. The van der Waals surface area contributed by atoms with Gasteiger partial charge in [-0.3, -0.25) is 9.48 Å². The number of anilines is 3. The summed E-state index contributed by atoms with van der Waals surface area (Å²) in [6, 6.07) is 4.89. The Morgan fingerprint density at radius 3 is 2.83 bits per heavy atom. The molecule has 1 aliphatic rings. The monoisotopic (exact) mass is 412 g/mol. The fourth-order valence-electron chi connectivity index (χ4n) is 3.21. The minimum absolute atomic E-state index is 0.0282. The second-order valence-electron chi connectivity index (χ2n) is 6.94. The molecule has 1 fully saturated rings. The molecule has 0 aliphatic heterocycles. The van der Waals surface area contributed by atoms with Crippen LogP contribution in [0, 0.1) is 5.92 Å². The Labute approximate surface area is 177 Å². The molecular formula is C21H23N5O4. The lowest BCUT2D eigenvalue weighted by Gasteiger charge is -2.16. The van der Waals surface area contributed by atoms with E-state index in [2.05, 4.69) is 20.7 Å². The molecule has 1 amide bonds. The molecule has 0 radical (unpaired) electrons. The van der Waals surface area contributed by atoms with Gasteiger partial charge in [-0.1, -0.05) is 0 Å². The summed E-state index contributed by atoms with van der Waals surface area (Å²) in [7, 11) is -1.48. The zero-order valence-corrected chi connectivity index (χ0v) is 16.6. The number of ether oxygens (including phenoxy) is 2. The first-order valence-corrected chi connectivity index (χ1v) is 9.54. The third-order valence-corrected chi connectivity index (χ3v) is 4.94. The molecule has 2 aromatic heterocycles. The molecular weight excluding hydrogens is 386 g/mol. The van der Waals surface area contributed by atoms with Gasteiger partial charge in [-0.05, 0) is 31.9 Å². The molecule has 1 saturated carbocycles. The molecule has 0 spiro atoms. The van der Waals surface area contributed by atoms with Gasteiger partial charge in [0.25, 0.3) is 0 Å². The first-order chi connectivity index (χ1) is 15.7. The standard InChI is InChI=1S/C21H23N5O4/c1-4-26-18-13(10-23-26)7-8-15(19(18)29-2)24-16-9-17(25-20(27)12-5-6-12)22-11-14(16)21(28)30-3/h7-12H,4-6H2,1-3H3,(H2,22,24,25,27)/i2D3. The third kappa shape index (κ3) is 3.66. The second kappa shape index (κ2) is 8.02. The Kier molecular flexibility index (Phi) is 4.33. The largest absolute Gasteiger partial charge is 0.492 e. The van der Waals surface area contributed by atoms with Gasteiger partial charge in [0.2, 0.25) is 5.91 Å². The molecule has 0 bridgehead atoms. The molecule has 9 heteroatoms. The number of methoxy groups -OCH3 is 2. The maximum absolute atomic E-state index is 12.3. The third-order valence-electron chi connectivity index (χ3n) is 4.94. The number of amides is 1. The van der Waals surface area contributed by atoms with E-state index in [0.29, 0.717) is 23.1 Å². The molecule has 0 unspecified atom stereocenters. The lowest BCUT2D eigenvalue weighted by molar-refractivity contribution is -0.117. The van der Waals surface area contributed by atoms with Crippen LogP contribution >= 0.6 is 0 Å². The van der Waals surface area contributed by atoms with Crippen LogP contribution in [0.2, 0.25) is 0 Å². The van der Waals surface area contributed by atoms with Crippen LogP contribution in [0.5, 0.6) is 5.75 Å². The molecule has 30 heavy (non-hydrogen) atoms. The topological polar surface area (TPSA) is 107 Å². The van der Waals surface area contributed by atoms with Crippen LogP contribution in [-0.4, -0.2) is 40.8 Å². The van der Waals surface area contributed by atoms with Crippen LogP contribution in [0.3, 0.4) is 0 Å². The number of aromatic nitrogens is 3. The fourth-order valence-corrected chi connectivity index (χ4v) is 3.21. The van der Waals surface area contributed by atoms with Crippen LogP contribution in [0.15, 0.2) is 30.6 Å². The fraction of sp³-hybridized carbons (Fsp3) is 0.333. The summed E-state index contributed by atoms with van der Waals surface area (Å²) in [6.45, 7) is 2.36. The molecule has 0 atom stereocenters.